The van der Waals surface area contributed by atoms with Crippen molar-refractivity contribution in [1.29, 1.82) is 0 Å². The third-order valence-corrected chi connectivity index (χ3v) is 3.96. The Hall–Kier alpha value is 0.170. The van der Waals surface area contributed by atoms with Crippen molar-refractivity contribution in [3.8, 4) is 0 Å². The molecule has 0 aromatic carbocycles. The maximum atomic E-state index is 10.8. The van der Waals surface area contributed by atoms with Gasteiger partial charge in [-0.25, -0.2) is 4.79 Å². The van der Waals surface area contributed by atoms with Crippen molar-refractivity contribution in [2.45, 2.75) is 24.9 Å². The van der Waals surface area contributed by atoms with Gasteiger partial charge in [0.1, 0.15) is 0 Å². The minimum absolute atomic E-state index is 0.649. The molecule has 1 N–H and O–H groups in total. The summed E-state index contributed by atoms with van der Waals surface area (Å²) in [6, 6.07) is 0. The molecule has 0 saturated carbocycles. The molecule has 0 unspecified atom stereocenters. The van der Waals surface area contributed by atoms with Gasteiger partial charge in [-0.15, -0.1) is 23.5 Å². The van der Waals surface area contributed by atoms with E-state index in [4.69, 9.17) is 5.11 Å². The molecular formula is C7H14O2S2. The van der Waals surface area contributed by atoms with E-state index in [0.717, 1.165) is 11.5 Å². The van der Waals surface area contributed by atoms with Crippen molar-refractivity contribution in [3.05, 3.63) is 0 Å². The molecule has 11 heavy (non-hydrogen) atoms. The second-order valence-electron chi connectivity index (χ2n) is 2.12. The molecule has 0 aliphatic carbocycles. The van der Waals surface area contributed by atoms with Gasteiger partial charge in [0, 0.05) is 0 Å². The highest BCUT2D eigenvalue weighted by Gasteiger charge is 2.32. The summed E-state index contributed by atoms with van der Waals surface area (Å²) in [6.45, 7) is 5.71. The molecule has 0 rings (SSSR count). The van der Waals surface area contributed by atoms with Crippen LogP contribution in [0.4, 0.5) is 0 Å². The van der Waals surface area contributed by atoms with Crippen molar-refractivity contribution < 1.29 is 9.90 Å². The molecular weight excluding hydrogens is 180 g/mol. The fourth-order valence-electron chi connectivity index (χ4n) is 0.716. The number of hydrogen-bond acceptors (Lipinski definition) is 3. The summed E-state index contributed by atoms with van der Waals surface area (Å²) in [7, 11) is 0. The quantitative estimate of drug-likeness (QED) is 0.681. The first kappa shape index (κ1) is 11.2. The van der Waals surface area contributed by atoms with Crippen LogP contribution in [0.3, 0.4) is 0 Å². The van der Waals surface area contributed by atoms with Gasteiger partial charge >= 0.3 is 5.97 Å². The molecule has 0 amide bonds. The lowest BCUT2D eigenvalue weighted by molar-refractivity contribution is -0.136. The lowest BCUT2D eigenvalue weighted by Crippen LogP contribution is -2.27. The smallest absolute Gasteiger partial charge is 0.329 e. The van der Waals surface area contributed by atoms with E-state index in [0.29, 0.717) is 0 Å². The van der Waals surface area contributed by atoms with E-state index >= 15 is 0 Å². The van der Waals surface area contributed by atoms with Gasteiger partial charge in [-0.3, -0.25) is 0 Å². The van der Waals surface area contributed by atoms with Crippen LogP contribution in [-0.4, -0.2) is 26.7 Å². The number of carboxylic acids is 1. The monoisotopic (exact) mass is 194 g/mol. The summed E-state index contributed by atoms with van der Waals surface area (Å²) in [5.41, 5.74) is 0. The number of aliphatic carboxylic acids is 1. The fraction of sp³-hybridized carbons (Fsp3) is 0.857. The standard InChI is InChI=1S/C7H14O2S2/c1-4-10-7(3,6(8)9)11-5-2/h4-5H2,1-3H3,(H,8,9). The summed E-state index contributed by atoms with van der Waals surface area (Å²) in [5.74, 6) is 0.960. The van der Waals surface area contributed by atoms with Crippen LogP contribution in [0.1, 0.15) is 20.8 Å². The van der Waals surface area contributed by atoms with Crippen molar-refractivity contribution in [3.63, 3.8) is 0 Å². The third kappa shape index (κ3) is 3.38. The second-order valence-corrected chi connectivity index (χ2v) is 5.74. The van der Waals surface area contributed by atoms with Crippen LogP contribution in [0, 0.1) is 0 Å². The van der Waals surface area contributed by atoms with Gasteiger partial charge in [-0.2, -0.15) is 0 Å². The first-order chi connectivity index (χ1) is 5.06. The summed E-state index contributed by atoms with van der Waals surface area (Å²) >= 11 is 2.95. The summed E-state index contributed by atoms with van der Waals surface area (Å²) < 4.78 is -0.649. The molecule has 0 heterocycles. The van der Waals surface area contributed by atoms with Gasteiger partial charge in [0.2, 0.25) is 0 Å². The van der Waals surface area contributed by atoms with E-state index in [1.54, 1.807) is 6.92 Å². The third-order valence-electron chi connectivity index (χ3n) is 1.23. The predicted octanol–water partition coefficient (Wildman–Crippen LogP) is 2.29. The summed E-state index contributed by atoms with van der Waals surface area (Å²) in [6.07, 6.45) is 0. The zero-order chi connectivity index (χ0) is 8.91. The molecule has 0 aromatic heterocycles. The van der Waals surface area contributed by atoms with Crippen LogP contribution in [0.5, 0.6) is 0 Å². The minimum Gasteiger partial charge on any atom is -0.480 e. The maximum Gasteiger partial charge on any atom is 0.329 e. The minimum atomic E-state index is -0.726. The van der Waals surface area contributed by atoms with Crippen molar-refractivity contribution >= 4 is 29.5 Å². The van der Waals surface area contributed by atoms with Gasteiger partial charge in [-0.1, -0.05) is 13.8 Å². The molecule has 0 fully saturated rings. The van der Waals surface area contributed by atoms with Crippen molar-refractivity contribution in [1.82, 2.24) is 0 Å². The number of carbonyl (C=O) groups is 1. The van der Waals surface area contributed by atoms with Crippen molar-refractivity contribution in [2.75, 3.05) is 11.5 Å². The average Bonchev–Trinajstić information content (AvgIpc) is 1.88. The number of rotatable bonds is 5. The van der Waals surface area contributed by atoms with Crippen LogP contribution >= 0.6 is 23.5 Å². The normalized spacial score (nSPS) is 11.5. The van der Waals surface area contributed by atoms with Gasteiger partial charge < -0.3 is 5.11 Å². The van der Waals surface area contributed by atoms with E-state index in [2.05, 4.69) is 0 Å². The Balaban J connectivity index is 4.13. The Bertz CT molecular complexity index is 130. The highest BCUT2D eigenvalue weighted by molar-refractivity contribution is 8.19. The zero-order valence-electron chi connectivity index (χ0n) is 7.09. The zero-order valence-corrected chi connectivity index (χ0v) is 8.72. The van der Waals surface area contributed by atoms with Gasteiger partial charge in [-0.05, 0) is 18.4 Å². The van der Waals surface area contributed by atoms with Gasteiger partial charge in [0.05, 0.1) is 0 Å². The van der Waals surface area contributed by atoms with Crippen molar-refractivity contribution in [2.24, 2.45) is 0 Å². The topological polar surface area (TPSA) is 37.3 Å². The van der Waals surface area contributed by atoms with Gasteiger partial charge in [0.25, 0.3) is 0 Å². The number of thioether (sulfide) groups is 2. The molecule has 0 aliphatic heterocycles. The van der Waals surface area contributed by atoms with E-state index < -0.39 is 10.0 Å². The molecule has 4 heteroatoms. The largest absolute Gasteiger partial charge is 0.480 e. The first-order valence-electron chi connectivity index (χ1n) is 3.58. The Morgan fingerprint density at radius 3 is 1.91 bits per heavy atom. The maximum absolute atomic E-state index is 10.8. The lowest BCUT2D eigenvalue weighted by atomic mass is 10.5. The van der Waals surface area contributed by atoms with E-state index in [1.807, 2.05) is 13.8 Å². The van der Waals surface area contributed by atoms with Crippen LogP contribution in [0.25, 0.3) is 0 Å². The van der Waals surface area contributed by atoms with Crippen LogP contribution in [-0.2, 0) is 4.79 Å². The Morgan fingerprint density at radius 1 is 1.36 bits per heavy atom. The molecule has 0 saturated heterocycles. The molecule has 0 aliphatic rings. The molecule has 2 nitrogen and oxygen atoms in total. The van der Waals surface area contributed by atoms with Crippen LogP contribution in [0.2, 0.25) is 0 Å². The highest BCUT2D eigenvalue weighted by atomic mass is 32.2. The van der Waals surface area contributed by atoms with Crippen LogP contribution in [0.15, 0.2) is 0 Å². The SMILES string of the molecule is CCSC(C)(SCC)C(=O)O. The molecule has 0 bridgehead atoms. The average molecular weight is 194 g/mol. The fourth-order valence-corrected chi connectivity index (χ4v) is 3.11. The lowest BCUT2D eigenvalue weighted by Gasteiger charge is -2.21. The number of hydrogen-bond donors (Lipinski definition) is 1. The molecule has 66 valence electrons. The van der Waals surface area contributed by atoms with E-state index in [1.165, 1.54) is 23.5 Å². The van der Waals surface area contributed by atoms with Crippen LogP contribution < -0.4 is 0 Å². The highest BCUT2D eigenvalue weighted by Crippen LogP contribution is 2.36. The Labute approximate surface area is 76.1 Å². The Morgan fingerprint density at radius 2 is 1.73 bits per heavy atom. The molecule has 0 radical (unpaired) electrons. The van der Waals surface area contributed by atoms with E-state index in [9.17, 15) is 4.79 Å². The summed E-state index contributed by atoms with van der Waals surface area (Å²) in [4.78, 5) is 10.8. The number of carboxylic acid groups (broad SMARTS) is 1. The predicted molar refractivity (Wildman–Crippen MR) is 52.3 cm³/mol. The summed E-state index contributed by atoms with van der Waals surface area (Å²) in [5, 5.41) is 8.85. The second kappa shape index (κ2) is 4.93. The molecule has 0 aromatic rings. The molecule has 0 spiro atoms. The van der Waals surface area contributed by atoms with E-state index in [-0.39, 0.29) is 0 Å². The Kier molecular flexibility index (Phi) is 5.01. The first-order valence-corrected chi connectivity index (χ1v) is 5.55. The van der Waals surface area contributed by atoms with Gasteiger partial charge in [0.15, 0.2) is 4.08 Å². The molecule has 0 atom stereocenters.